The molecule has 0 saturated heterocycles. The molecule has 0 aliphatic carbocycles. The van der Waals surface area contributed by atoms with E-state index in [4.69, 9.17) is 4.42 Å². The molecule has 2 aromatic rings. The van der Waals surface area contributed by atoms with Gasteiger partial charge in [-0.25, -0.2) is 0 Å². The van der Waals surface area contributed by atoms with Crippen LogP contribution in [-0.4, -0.2) is 40.5 Å². The number of rotatable bonds is 7. The van der Waals surface area contributed by atoms with Gasteiger partial charge in [-0.3, -0.25) is 9.36 Å². The van der Waals surface area contributed by atoms with Crippen molar-refractivity contribution in [3.05, 3.63) is 24.2 Å². The lowest BCUT2D eigenvalue weighted by atomic mass is 10.4. The van der Waals surface area contributed by atoms with Crippen LogP contribution >= 0.6 is 11.8 Å². The van der Waals surface area contributed by atoms with Crippen LogP contribution in [0.4, 0.5) is 5.95 Å². The summed E-state index contributed by atoms with van der Waals surface area (Å²) in [4.78, 5) is 13.8. The van der Waals surface area contributed by atoms with Gasteiger partial charge in [0.1, 0.15) is 5.76 Å². The third kappa shape index (κ3) is 4.03. The second kappa shape index (κ2) is 7.35. The van der Waals surface area contributed by atoms with Gasteiger partial charge in [-0.05, 0) is 26.0 Å². The molecule has 2 heterocycles. The zero-order chi connectivity index (χ0) is 16.1. The average molecular weight is 323 g/mol. The van der Waals surface area contributed by atoms with Crippen molar-refractivity contribution in [1.29, 1.82) is 0 Å². The quantitative estimate of drug-likeness (QED) is 0.785. The number of amides is 1. The van der Waals surface area contributed by atoms with Crippen LogP contribution in [0.5, 0.6) is 0 Å². The molecule has 7 nitrogen and oxygen atoms in total. The number of carbonyl (C=O) groups excluding carboxylic acids is 1. The maximum atomic E-state index is 11.9. The van der Waals surface area contributed by atoms with Crippen molar-refractivity contribution in [2.24, 2.45) is 0 Å². The van der Waals surface area contributed by atoms with E-state index in [0.29, 0.717) is 12.3 Å². The molecule has 0 atom stereocenters. The fraction of sp³-hybridized carbons (Fsp3) is 0.500. The Kier molecular flexibility index (Phi) is 5.48. The van der Waals surface area contributed by atoms with Gasteiger partial charge in [0.2, 0.25) is 11.9 Å². The van der Waals surface area contributed by atoms with E-state index < -0.39 is 0 Å². The zero-order valence-electron chi connectivity index (χ0n) is 13.2. The van der Waals surface area contributed by atoms with Crippen molar-refractivity contribution in [2.75, 3.05) is 24.7 Å². The first-order valence-electron chi connectivity index (χ1n) is 7.03. The number of nitrogens with one attached hydrogen (secondary N) is 1. The number of thioether (sulfide) groups is 1. The monoisotopic (exact) mass is 323 g/mol. The molecule has 22 heavy (non-hydrogen) atoms. The first-order chi connectivity index (χ1) is 10.5. The van der Waals surface area contributed by atoms with Crippen LogP contribution in [-0.2, 0) is 11.3 Å². The zero-order valence-corrected chi connectivity index (χ0v) is 14.1. The molecule has 0 fully saturated rings. The number of nitrogens with zero attached hydrogens (tertiary/aromatic N) is 4. The molecule has 0 radical (unpaired) electrons. The summed E-state index contributed by atoms with van der Waals surface area (Å²) < 4.78 is 7.19. The summed E-state index contributed by atoms with van der Waals surface area (Å²) in [5.74, 6) is 1.75. The molecule has 8 heteroatoms. The molecule has 2 aromatic heterocycles. The summed E-state index contributed by atoms with van der Waals surface area (Å²) in [6.07, 6.45) is 1.59. The fourth-order valence-electron chi connectivity index (χ4n) is 1.90. The summed E-state index contributed by atoms with van der Waals surface area (Å²) in [7, 11) is 3.85. The van der Waals surface area contributed by atoms with Gasteiger partial charge >= 0.3 is 0 Å². The van der Waals surface area contributed by atoms with Crippen molar-refractivity contribution >= 4 is 23.6 Å². The predicted molar refractivity (Wildman–Crippen MR) is 86.0 cm³/mol. The van der Waals surface area contributed by atoms with Gasteiger partial charge < -0.3 is 14.6 Å². The fourth-order valence-corrected chi connectivity index (χ4v) is 2.80. The van der Waals surface area contributed by atoms with Gasteiger partial charge in [0, 0.05) is 20.1 Å². The standard InChI is InChI=1S/C14H21N5O2S/c1-10(2)19-13(18(3)4)16-17-14(19)22-9-12(20)15-8-11-6-5-7-21-11/h5-7,10H,8-9H2,1-4H3,(H,15,20). The van der Waals surface area contributed by atoms with Crippen LogP contribution in [0.2, 0.25) is 0 Å². The molecule has 0 spiro atoms. The molecule has 0 bridgehead atoms. The number of anilines is 1. The minimum Gasteiger partial charge on any atom is -0.467 e. The van der Waals surface area contributed by atoms with E-state index >= 15 is 0 Å². The Bertz CT molecular complexity index is 607. The highest BCUT2D eigenvalue weighted by molar-refractivity contribution is 7.99. The highest BCUT2D eigenvalue weighted by Gasteiger charge is 2.17. The third-order valence-corrected chi connectivity index (χ3v) is 3.88. The van der Waals surface area contributed by atoms with Crippen LogP contribution < -0.4 is 10.2 Å². The van der Waals surface area contributed by atoms with Gasteiger partial charge in [0.25, 0.3) is 0 Å². The Morgan fingerprint density at radius 1 is 1.45 bits per heavy atom. The van der Waals surface area contributed by atoms with E-state index in [1.807, 2.05) is 29.6 Å². The minimum atomic E-state index is -0.0638. The summed E-state index contributed by atoms with van der Waals surface area (Å²) in [6.45, 7) is 4.53. The Morgan fingerprint density at radius 2 is 2.23 bits per heavy atom. The maximum absolute atomic E-state index is 11.9. The van der Waals surface area contributed by atoms with Crippen LogP contribution in [0.1, 0.15) is 25.6 Å². The van der Waals surface area contributed by atoms with Crippen LogP contribution in [0.25, 0.3) is 0 Å². The lowest BCUT2D eigenvalue weighted by Gasteiger charge is -2.17. The Labute approximate surface area is 134 Å². The van der Waals surface area contributed by atoms with E-state index in [9.17, 15) is 4.79 Å². The van der Waals surface area contributed by atoms with E-state index in [1.54, 1.807) is 12.3 Å². The molecule has 0 aromatic carbocycles. The van der Waals surface area contributed by atoms with Crippen molar-refractivity contribution < 1.29 is 9.21 Å². The van der Waals surface area contributed by atoms with Gasteiger partial charge in [-0.15, -0.1) is 10.2 Å². The number of carbonyl (C=O) groups is 1. The van der Waals surface area contributed by atoms with E-state index in [2.05, 4.69) is 29.4 Å². The van der Waals surface area contributed by atoms with Crippen molar-refractivity contribution in [2.45, 2.75) is 31.6 Å². The van der Waals surface area contributed by atoms with Gasteiger partial charge in [0.05, 0.1) is 18.6 Å². The molecular weight excluding hydrogens is 302 g/mol. The maximum Gasteiger partial charge on any atom is 0.230 e. The summed E-state index contributed by atoms with van der Waals surface area (Å²) in [5.41, 5.74) is 0. The first-order valence-corrected chi connectivity index (χ1v) is 8.01. The number of furan rings is 1. The number of hydrogen-bond acceptors (Lipinski definition) is 6. The minimum absolute atomic E-state index is 0.0638. The van der Waals surface area contributed by atoms with Crippen LogP contribution in [0.15, 0.2) is 28.0 Å². The van der Waals surface area contributed by atoms with Gasteiger partial charge in [0.15, 0.2) is 5.16 Å². The lowest BCUT2D eigenvalue weighted by Crippen LogP contribution is -2.24. The van der Waals surface area contributed by atoms with Crippen molar-refractivity contribution in [1.82, 2.24) is 20.1 Å². The summed E-state index contributed by atoms with van der Waals surface area (Å²) in [6, 6.07) is 3.84. The second-order valence-corrected chi connectivity index (χ2v) is 6.23. The summed E-state index contributed by atoms with van der Waals surface area (Å²) >= 11 is 1.38. The van der Waals surface area contributed by atoms with Crippen molar-refractivity contribution in [3.63, 3.8) is 0 Å². The highest BCUT2D eigenvalue weighted by atomic mass is 32.2. The van der Waals surface area contributed by atoms with E-state index in [1.165, 1.54) is 11.8 Å². The van der Waals surface area contributed by atoms with Crippen molar-refractivity contribution in [3.8, 4) is 0 Å². The third-order valence-electron chi connectivity index (χ3n) is 2.94. The Morgan fingerprint density at radius 3 is 2.82 bits per heavy atom. The highest BCUT2D eigenvalue weighted by Crippen LogP contribution is 2.25. The van der Waals surface area contributed by atoms with E-state index in [-0.39, 0.29) is 11.9 Å². The molecule has 0 saturated carbocycles. The molecule has 1 amide bonds. The average Bonchev–Trinajstić information content (AvgIpc) is 3.11. The molecule has 0 unspecified atom stereocenters. The first kappa shape index (κ1) is 16.4. The molecule has 0 aliphatic heterocycles. The number of aromatic nitrogens is 3. The van der Waals surface area contributed by atoms with Gasteiger partial charge in [-0.1, -0.05) is 11.8 Å². The molecule has 2 rings (SSSR count). The molecule has 120 valence electrons. The molecule has 1 N–H and O–H groups in total. The summed E-state index contributed by atoms with van der Waals surface area (Å²) in [5, 5.41) is 11.9. The van der Waals surface area contributed by atoms with Crippen LogP contribution in [0.3, 0.4) is 0 Å². The normalized spacial score (nSPS) is 11.0. The Hall–Kier alpha value is -1.96. The Balaban J connectivity index is 1.92. The largest absolute Gasteiger partial charge is 0.467 e. The molecule has 0 aliphatic rings. The smallest absolute Gasteiger partial charge is 0.230 e. The SMILES string of the molecule is CC(C)n1c(SCC(=O)NCc2ccco2)nnc1N(C)C. The second-order valence-electron chi connectivity index (χ2n) is 5.29. The number of hydrogen-bond donors (Lipinski definition) is 1. The topological polar surface area (TPSA) is 76.2 Å². The van der Waals surface area contributed by atoms with Gasteiger partial charge in [-0.2, -0.15) is 0 Å². The van der Waals surface area contributed by atoms with Crippen LogP contribution in [0, 0.1) is 0 Å². The van der Waals surface area contributed by atoms with E-state index in [0.717, 1.165) is 16.9 Å². The lowest BCUT2D eigenvalue weighted by molar-refractivity contribution is -0.118. The molecular formula is C14H21N5O2S. The predicted octanol–water partition coefficient (Wildman–Crippen LogP) is 1.93.